The number of benzene rings is 4. The monoisotopic (exact) mass is 508 g/mol. The quantitative estimate of drug-likeness (QED) is 0.173. The van der Waals surface area contributed by atoms with Gasteiger partial charge < -0.3 is 5.11 Å². The van der Waals surface area contributed by atoms with E-state index in [9.17, 15) is 19.5 Å². The molecule has 0 unspecified atom stereocenters. The fourth-order valence-corrected chi connectivity index (χ4v) is 5.22. The van der Waals surface area contributed by atoms with Crippen LogP contribution in [0, 0.1) is 0 Å². The van der Waals surface area contributed by atoms with E-state index in [-0.39, 0.29) is 34.3 Å². The Hall–Kier alpha value is -5.09. The van der Waals surface area contributed by atoms with Crippen molar-refractivity contribution in [2.24, 2.45) is 0 Å². The number of aliphatic hydroxyl groups is 1. The molecule has 4 nitrogen and oxygen atoms in total. The smallest absolute Gasteiger partial charge is 0.197 e. The van der Waals surface area contributed by atoms with Gasteiger partial charge >= 0.3 is 0 Å². The molecule has 6 rings (SSSR count). The average molecular weight is 509 g/mol. The molecule has 1 N–H and O–H groups in total. The zero-order valence-corrected chi connectivity index (χ0v) is 21.5. The highest BCUT2D eigenvalue weighted by Crippen LogP contribution is 2.35. The molecular weight excluding hydrogens is 484 g/mol. The molecule has 2 aliphatic rings. The maximum absolute atomic E-state index is 13.0. The number of carbonyl (C=O) groups excluding carboxylic acids is 3. The normalized spacial score (nSPS) is 15.7. The Morgan fingerprint density at radius 3 is 1.62 bits per heavy atom. The van der Waals surface area contributed by atoms with Crippen molar-refractivity contribution in [3.63, 3.8) is 0 Å². The van der Waals surface area contributed by atoms with Gasteiger partial charge in [0.1, 0.15) is 5.76 Å². The van der Waals surface area contributed by atoms with Crippen molar-refractivity contribution >= 4 is 44.7 Å². The first-order valence-corrected chi connectivity index (χ1v) is 12.7. The molecule has 0 heterocycles. The van der Waals surface area contributed by atoms with Gasteiger partial charge in [-0.15, -0.1) is 0 Å². The number of hydrogen-bond acceptors (Lipinski definition) is 4. The fourth-order valence-electron chi connectivity index (χ4n) is 5.22. The molecule has 0 fully saturated rings. The topological polar surface area (TPSA) is 71.4 Å². The second-order valence-electron chi connectivity index (χ2n) is 9.95. The van der Waals surface area contributed by atoms with E-state index in [0.29, 0.717) is 22.3 Å². The molecule has 0 saturated heterocycles. The summed E-state index contributed by atoms with van der Waals surface area (Å²) in [6, 6.07) is 22.6. The van der Waals surface area contributed by atoms with E-state index in [1.807, 2.05) is 80.6 Å². The summed E-state index contributed by atoms with van der Waals surface area (Å²) >= 11 is 0. The van der Waals surface area contributed by atoms with E-state index in [0.717, 1.165) is 32.7 Å². The van der Waals surface area contributed by atoms with Gasteiger partial charge in [0.2, 0.25) is 0 Å². The molecule has 0 aromatic heterocycles. The standard InChI is InChI=1S/C35H24O4/c1-20(11-13-26-32(36)28-16-22-7-3-4-8-23(22)17-29(28)33(26)37)15-21(2)12-14-27-34(38)30-18-24-9-5-6-10-25(24)19-31(30)35(27)39/h3-19,36H,1-2H3/b13-11+,20-15+,21-12+. The summed E-state index contributed by atoms with van der Waals surface area (Å²) in [5.74, 6) is -0.758. The molecule has 0 saturated carbocycles. The third-order valence-corrected chi connectivity index (χ3v) is 7.23. The highest BCUT2D eigenvalue weighted by atomic mass is 16.3. The predicted molar refractivity (Wildman–Crippen MR) is 155 cm³/mol. The van der Waals surface area contributed by atoms with E-state index < -0.39 is 0 Å². The number of allylic oxidation sites excluding steroid dienone is 9. The molecule has 188 valence electrons. The van der Waals surface area contributed by atoms with Crippen LogP contribution in [-0.2, 0) is 0 Å². The number of Topliss-reactive ketones (excluding diaryl/α,β-unsaturated/α-hetero) is 3. The molecular formula is C35H24O4. The van der Waals surface area contributed by atoms with Crippen molar-refractivity contribution in [2.75, 3.05) is 0 Å². The molecule has 0 amide bonds. The van der Waals surface area contributed by atoms with Crippen molar-refractivity contribution in [2.45, 2.75) is 13.8 Å². The Bertz CT molecular complexity index is 1870. The first-order valence-electron chi connectivity index (χ1n) is 12.7. The van der Waals surface area contributed by atoms with Crippen LogP contribution in [0.2, 0.25) is 0 Å². The number of aliphatic hydroxyl groups excluding tert-OH is 1. The lowest BCUT2D eigenvalue weighted by Gasteiger charge is -2.02. The third-order valence-electron chi connectivity index (χ3n) is 7.23. The number of hydrogen-bond donors (Lipinski definition) is 1. The average Bonchev–Trinajstić information content (AvgIpc) is 3.31. The first kappa shape index (κ1) is 24.3. The van der Waals surface area contributed by atoms with Crippen LogP contribution in [0.3, 0.4) is 0 Å². The Morgan fingerprint density at radius 2 is 1.10 bits per heavy atom. The minimum atomic E-state index is -0.264. The summed E-state index contributed by atoms with van der Waals surface area (Å²) in [4.78, 5) is 38.9. The Kier molecular flexibility index (Phi) is 5.81. The van der Waals surface area contributed by atoms with Gasteiger partial charge in [-0.2, -0.15) is 0 Å². The number of fused-ring (bicyclic) bond motifs is 4. The lowest BCUT2D eigenvalue weighted by molar-refractivity contribution is 0.0986. The molecule has 0 spiro atoms. The summed E-state index contributed by atoms with van der Waals surface area (Å²) in [5, 5.41) is 14.5. The van der Waals surface area contributed by atoms with Gasteiger partial charge in [0.25, 0.3) is 0 Å². The zero-order valence-electron chi connectivity index (χ0n) is 21.5. The van der Waals surface area contributed by atoms with Crippen molar-refractivity contribution in [1.29, 1.82) is 0 Å². The maximum Gasteiger partial charge on any atom is 0.197 e. The Labute approximate surface area is 225 Å². The van der Waals surface area contributed by atoms with Gasteiger partial charge in [0.15, 0.2) is 17.3 Å². The molecule has 2 aliphatic carbocycles. The van der Waals surface area contributed by atoms with Gasteiger partial charge in [0, 0.05) is 22.3 Å². The molecule has 0 bridgehead atoms. The minimum Gasteiger partial charge on any atom is -0.507 e. The van der Waals surface area contributed by atoms with E-state index in [4.69, 9.17) is 0 Å². The van der Waals surface area contributed by atoms with Crippen molar-refractivity contribution in [1.82, 2.24) is 0 Å². The number of carbonyl (C=O) groups is 3. The van der Waals surface area contributed by atoms with Crippen molar-refractivity contribution in [3.8, 4) is 0 Å². The van der Waals surface area contributed by atoms with Crippen molar-refractivity contribution < 1.29 is 19.5 Å². The minimum absolute atomic E-state index is 0.0210. The summed E-state index contributed by atoms with van der Waals surface area (Å²) in [6.07, 6.45) is 8.61. The summed E-state index contributed by atoms with van der Waals surface area (Å²) in [5.41, 5.74) is 3.99. The van der Waals surface area contributed by atoms with Crippen LogP contribution in [-0.4, -0.2) is 22.5 Å². The first-order chi connectivity index (χ1) is 18.8. The van der Waals surface area contributed by atoms with Gasteiger partial charge in [-0.25, -0.2) is 0 Å². The molecule has 0 aliphatic heterocycles. The predicted octanol–water partition coefficient (Wildman–Crippen LogP) is 7.91. The van der Waals surface area contributed by atoms with Gasteiger partial charge in [-0.1, -0.05) is 77.9 Å². The van der Waals surface area contributed by atoms with E-state index in [2.05, 4.69) is 0 Å². The lowest BCUT2D eigenvalue weighted by atomic mass is 10.0. The second-order valence-corrected chi connectivity index (χ2v) is 9.95. The molecule has 0 atom stereocenters. The third kappa shape index (κ3) is 4.16. The molecule has 0 radical (unpaired) electrons. The van der Waals surface area contributed by atoms with E-state index >= 15 is 0 Å². The number of rotatable bonds is 4. The summed E-state index contributed by atoms with van der Waals surface area (Å²) in [7, 11) is 0. The summed E-state index contributed by atoms with van der Waals surface area (Å²) < 4.78 is 0. The second kappa shape index (κ2) is 9.34. The summed E-state index contributed by atoms with van der Waals surface area (Å²) in [6.45, 7) is 3.76. The molecule has 4 aromatic carbocycles. The van der Waals surface area contributed by atoms with Gasteiger partial charge in [-0.05, 0) is 71.8 Å². The molecule has 39 heavy (non-hydrogen) atoms. The van der Waals surface area contributed by atoms with Crippen LogP contribution in [0.4, 0.5) is 0 Å². The Morgan fingerprint density at radius 1 is 0.641 bits per heavy atom. The fraction of sp³-hybridized carbons (Fsp3) is 0.0571. The van der Waals surface area contributed by atoms with Crippen LogP contribution in [0.5, 0.6) is 0 Å². The number of ketones is 3. The molecule has 4 heteroatoms. The van der Waals surface area contributed by atoms with Crippen molar-refractivity contribution in [3.05, 3.63) is 148 Å². The zero-order chi connectivity index (χ0) is 27.3. The highest BCUT2D eigenvalue weighted by Gasteiger charge is 2.33. The van der Waals surface area contributed by atoms with Crippen LogP contribution >= 0.6 is 0 Å². The van der Waals surface area contributed by atoms with Gasteiger partial charge in [0.05, 0.1) is 11.1 Å². The highest BCUT2D eigenvalue weighted by molar-refractivity contribution is 6.40. The van der Waals surface area contributed by atoms with Crippen LogP contribution < -0.4 is 0 Å². The maximum atomic E-state index is 13.0. The van der Waals surface area contributed by atoms with Crippen LogP contribution in [0.25, 0.3) is 27.3 Å². The SMILES string of the molecule is CC(=C\C=C1C(=O)c2cc3ccccc3cc2C1=O)/C=C(C)/C=C/C1=C(O)c2cc3ccccc3cc2C1=O. The van der Waals surface area contributed by atoms with Gasteiger partial charge in [-0.3, -0.25) is 14.4 Å². The lowest BCUT2D eigenvalue weighted by Crippen LogP contribution is -1.99. The van der Waals surface area contributed by atoms with E-state index in [1.54, 1.807) is 36.4 Å². The molecule has 4 aromatic rings. The largest absolute Gasteiger partial charge is 0.507 e. The van der Waals surface area contributed by atoms with Crippen LogP contribution in [0.15, 0.2) is 125 Å². The van der Waals surface area contributed by atoms with Crippen LogP contribution in [0.1, 0.15) is 50.5 Å². The Balaban J connectivity index is 1.23. The van der Waals surface area contributed by atoms with E-state index in [1.165, 1.54) is 0 Å².